The van der Waals surface area contributed by atoms with Gasteiger partial charge in [-0.2, -0.15) is 0 Å². The van der Waals surface area contributed by atoms with Gasteiger partial charge < -0.3 is 23.7 Å². The fraction of sp³-hybridized carbons (Fsp3) is 0.759. The van der Waals surface area contributed by atoms with Gasteiger partial charge in [-0.3, -0.25) is 4.79 Å². The first-order chi connectivity index (χ1) is 17.4. The normalized spacial score (nSPS) is 45.2. The number of hydrogen-bond acceptors (Lipinski definition) is 8. The van der Waals surface area contributed by atoms with Crippen molar-refractivity contribution in [2.45, 2.75) is 109 Å². The lowest BCUT2D eigenvalue weighted by molar-refractivity contribution is -0.325. The van der Waals surface area contributed by atoms with Crippen molar-refractivity contribution in [1.82, 2.24) is 0 Å². The van der Waals surface area contributed by atoms with Crippen molar-refractivity contribution in [3.8, 4) is 0 Å². The third kappa shape index (κ3) is 3.89. The van der Waals surface area contributed by atoms with E-state index in [1.807, 2.05) is 6.92 Å². The number of epoxide rings is 1. The number of carbonyl (C=O) groups excluding carboxylic acids is 3. The summed E-state index contributed by atoms with van der Waals surface area (Å²) in [5.74, 6) is -1.03. The molecule has 2 aliphatic carbocycles. The molecule has 0 aromatic rings. The van der Waals surface area contributed by atoms with E-state index in [2.05, 4.69) is 6.92 Å². The van der Waals surface area contributed by atoms with Gasteiger partial charge >= 0.3 is 17.9 Å². The number of hydrogen-bond donors (Lipinski definition) is 0. The highest BCUT2D eigenvalue weighted by Gasteiger charge is 2.77. The Hall–Kier alpha value is -2.19. The molecule has 5 unspecified atom stereocenters. The molecule has 3 aliphatic heterocycles. The second kappa shape index (κ2) is 8.94. The largest absolute Gasteiger partial charge is 0.463 e. The average molecular weight is 517 g/mol. The average Bonchev–Trinajstić information content (AvgIpc) is 3.57. The zero-order chi connectivity index (χ0) is 26.8. The number of esters is 3. The Labute approximate surface area is 219 Å². The molecule has 8 atom stereocenters. The summed E-state index contributed by atoms with van der Waals surface area (Å²) >= 11 is 0. The Balaban J connectivity index is 1.64. The first-order valence-electron chi connectivity index (χ1n) is 13.6. The Morgan fingerprint density at radius 2 is 1.54 bits per heavy atom. The quantitative estimate of drug-likeness (QED) is 0.237. The van der Waals surface area contributed by atoms with Crippen LogP contribution in [-0.2, 0) is 38.1 Å². The van der Waals surface area contributed by atoms with Crippen LogP contribution in [-0.4, -0.2) is 60.1 Å². The predicted octanol–water partition coefficient (Wildman–Crippen LogP) is 4.20. The summed E-state index contributed by atoms with van der Waals surface area (Å²) in [4.78, 5) is 38.7. The molecule has 3 saturated heterocycles. The molecule has 0 N–H and O–H groups in total. The molecule has 5 fully saturated rings. The molecule has 0 amide bonds. The zero-order valence-electron chi connectivity index (χ0n) is 22.9. The van der Waals surface area contributed by atoms with Crippen LogP contribution in [0.15, 0.2) is 23.3 Å². The van der Waals surface area contributed by atoms with Crippen LogP contribution >= 0.6 is 0 Å². The molecule has 5 rings (SSSR count). The van der Waals surface area contributed by atoms with Crippen molar-refractivity contribution < 1.29 is 38.1 Å². The Bertz CT molecular complexity index is 1060. The molecule has 0 aromatic carbocycles. The number of fused-ring (bicyclic) bond motifs is 4. The van der Waals surface area contributed by atoms with Crippen molar-refractivity contribution in [3.05, 3.63) is 23.3 Å². The van der Waals surface area contributed by atoms with Crippen LogP contribution in [0.2, 0.25) is 0 Å². The van der Waals surface area contributed by atoms with Crippen molar-refractivity contribution in [2.24, 2.45) is 17.3 Å². The van der Waals surface area contributed by atoms with Crippen LogP contribution in [0, 0.1) is 17.3 Å². The molecule has 0 radical (unpaired) electrons. The van der Waals surface area contributed by atoms with Crippen molar-refractivity contribution >= 4 is 17.9 Å². The summed E-state index contributed by atoms with van der Waals surface area (Å²) in [7, 11) is 0. The monoisotopic (exact) mass is 516 g/mol. The number of cyclic esters (lactones) is 1. The van der Waals surface area contributed by atoms with E-state index in [-0.39, 0.29) is 30.8 Å². The molecular weight excluding hydrogens is 476 g/mol. The van der Waals surface area contributed by atoms with Crippen molar-refractivity contribution in [2.75, 3.05) is 13.2 Å². The first-order valence-corrected chi connectivity index (χ1v) is 13.6. The maximum Gasteiger partial charge on any atom is 0.333 e. The molecular formula is C29H40O8. The summed E-state index contributed by atoms with van der Waals surface area (Å²) in [6, 6.07) is 0. The number of rotatable bonds is 4. The Kier molecular flexibility index (Phi) is 6.38. The summed E-state index contributed by atoms with van der Waals surface area (Å²) in [6.07, 6.45) is 6.24. The van der Waals surface area contributed by atoms with E-state index >= 15 is 0 Å². The highest BCUT2D eigenvalue weighted by molar-refractivity contribution is 5.89. The predicted molar refractivity (Wildman–Crippen MR) is 133 cm³/mol. The molecule has 0 aromatic heterocycles. The van der Waals surface area contributed by atoms with E-state index in [4.69, 9.17) is 23.7 Å². The third-order valence-corrected chi connectivity index (χ3v) is 10.3. The number of allylic oxidation sites excluding steroid dienone is 2. The van der Waals surface area contributed by atoms with E-state index < -0.39 is 46.4 Å². The highest BCUT2D eigenvalue weighted by atomic mass is 16.6. The highest BCUT2D eigenvalue weighted by Crippen LogP contribution is 2.68. The van der Waals surface area contributed by atoms with Crippen LogP contribution in [0.25, 0.3) is 0 Å². The maximum atomic E-state index is 13.3. The van der Waals surface area contributed by atoms with Crippen LogP contribution in [0.4, 0.5) is 0 Å². The lowest BCUT2D eigenvalue weighted by atomic mass is 9.45. The molecule has 2 spiro atoms. The molecule has 8 heteroatoms. The van der Waals surface area contributed by atoms with Gasteiger partial charge in [0, 0.05) is 16.6 Å². The van der Waals surface area contributed by atoms with E-state index in [1.54, 1.807) is 39.8 Å². The third-order valence-electron chi connectivity index (χ3n) is 10.3. The van der Waals surface area contributed by atoms with Gasteiger partial charge in [0.25, 0.3) is 0 Å². The molecule has 0 bridgehead atoms. The van der Waals surface area contributed by atoms with Gasteiger partial charge in [-0.05, 0) is 72.1 Å². The minimum Gasteiger partial charge on any atom is -0.463 e. The minimum atomic E-state index is -0.984. The van der Waals surface area contributed by atoms with Crippen molar-refractivity contribution in [3.63, 3.8) is 0 Å². The van der Waals surface area contributed by atoms with Gasteiger partial charge in [-0.25, -0.2) is 9.59 Å². The summed E-state index contributed by atoms with van der Waals surface area (Å²) in [5, 5.41) is 0. The molecule has 5 aliphatic rings. The van der Waals surface area contributed by atoms with Crippen LogP contribution in [0.5, 0.6) is 0 Å². The van der Waals surface area contributed by atoms with E-state index in [0.717, 1.165) is 25.7 Å². The van der Waals surface area contributed by atoms with Gasteiger partial charge in [-0.15, -0.1) is 0 Å². The van der Waals surface area contributed by atoms with E-state index in [0.29, 0.717) is 24.2 Å². The Morgan fingerprint density at radius 1 is 0.919 bits per heavy atom. The summed E-state index contributed by atoms with van der Waals surface area (Å²) in [6.45, 7) is 11.9. The lowest BCUT2D eigenvalue weighted by Crippen LogP contribution is -2.75. The summed E-state index contributed by atoms with van der Waals surface area (Å²) < 4.78 is 31.1. The molecule has 3 heterocycles. The van der Waals surface area contributed by atoms with Gasteiger partial charge in [-0.1, -0.05) is 25.5 Å². The van der Waals surface area contributed by atoms with Crippen LogP contribution in [0.1, 0.15) is 80.1 Å². The number of carbonyl (C=O) groups is 3. The topological polar surface area (TPSA) is 101 Å². The van der Waals surface area contributed by atoms with Crippen LogP contribution in [0.3, 0.4) is 0 Å². The van der Waals surface area contributed by atoms with Gasteiger partial charge in [0.05, 0.1) is 13.0 Å². The van der Waals surface area contributed by atoms with Gasteiger partial charge in [0.2, 0.25) is 0 Å². The van der Waals surface area contributed by atoms with Gasteiger partial charge in [0.1, 0.15) is 23.4 Å². The standard InChI is InChI=1S/C29H40O8/c1-7-17(3)24(31)35-22-23(36-25(32)18(4)8-2)27(6)20(11-13-28(37-27)14-21(30)33-15-28)19-10-9-12-29(16-34-29)26(19,22)5/h7-8,19-20,22-23H,9-16H2,1-6H3/b17-7+,18-8+/t19?,20?,22-,23-,26?,27?,28-,29?/m0/s1. The maximum absolute atomic E-state index is 13.3. The van der Waals surface area contributed by atoms with E-state index in [1.165, 1.54) is 0 Å². The zero-order valence-corrected chi connectivity index (χ0v) is 22.9. The van der Waals surface area contributed by atoms with E-state index in [9.17, 15) is 14.4 Å². The molecule has 37 heavy (non-hydrogen) atoms. The minimum absolute atomic E-state index is 0.0293. The molecule has 2 saturated carbocycles. The molecule has 8 nitrogen and oxygen atoms in total. The Morgan fingerprint density at radius 3 is 2.08 bits per heavy atom. The summed E-state index contributed by atoms with van der Waals surface area (Å²) in [5.41, 5.74) is -1.79. The van der Waals surface area contributed by atoms with Crippen molar-refractivity contribution in [1.29, 1.82) is 0 Å². The fourth-order valence-electron chi connectivity index (χ4n) is 7.75. The lowest BCUT2D eigenvalue weighted by Gasteiger charge is -2.65. The first kappa shape index (κ1) is 26.4. The smallest absolute Gasteiger partial charge is 0.333 e. The second-order valence-electron chi connectivity index (χ2n) is 12.1. The molecule has 204 valence electrons. The number of ether oxygens (including phenoxy) is 5. The SMILES string of the molecule is C/C=C(\C)C(=O)O[C@H]1[C@H](OC(=O)/C(C)=C/C)C2(C)C(CCCC23CO3)C2CC[C@]3(COC(=O)C3)OC21C. The van der Waals surface area contributed by atoms with Crippen LogP contribution < -0.4 is 0 Å². The fourth-order valence-corrected chi connectivity index (χ4v) is 7.75. The van der Waals surface area contributed by atoms with Gasteiger partial charge in [0.15, 0.2) is 12.2 Å². The second-order valence-corrected chi connectivity index (χ2v) is 12.1.